The maximum absolute atomic E-state index is 3.66. The lowest BCUT2D eigenvalue weighted by Crippen LogP contribution is -1.60. The number of aromatic nitrogens is 1. The highest BCUT2D eigenvalue weighted by Crippen LogP contribution is 2.00. The average Bonchev–Trinajstić information content (AvgIpc) is 1.69. The van der Waals surface area contributed by atoms with E-state index in [0.29, 0.717) is 0 Å². The number of hydrogen-bond donors (Lipinski definition) is 0. The van der Waals surface area contributed by atoms with Crippen LogP contribution in [0.4, 0.5) is 0 Å². The Balaban J connectivity index is 3.02. The summed E-state index contributed by atoms with van der Waals surface area (Å²) in [5.41, 5.74) is 0. The molecular formula is C5H2BrN. The van der Waals surface area contributed by atoms with E-state index in [1.54, 1.807) is 12.3 Å². The summed E-state index contributed by atoms with van der Waals surface area (Å²) in [7, 11) is 0. The zero-order valence-corrected chi connectivity index (χ0v) is 5.07. The van der Waals surface area contributed by atoms with Crippen LogP contribution in [0.1, 0.15) is 0 Å². The molecule has 0 amide bonds. The third kappa shape index (κ3) is 1.17. The second kappa shape index (κ2) is 1.94. The lowest BCUT2D eigenvalue weighted by Gasteiger charge is -1.73. The lowest BCUT2D eigenvalue weighted by atomic mass is 10.6. The van der Waals surface area contributed by atoms with E-state index >= 15 is 0 Å². The topological polar surface area (TPSA) is 12.9 Å². The molecule has 0 aliphatic rings. The first-order chi connectivity index (χ1) is 3.39. The Morgan fingerprint density at radius 1 is 1.71 bits per heavy atom. The standard InChI is InChI=1S/C5H2BrN/c6-5-2-1-3-7-4-5/h2,4H. The number of halogens is 1. The van der Waals surface area contributed by atoms with Gasteiger partial charge >= 0.3 is 0 Å². The first kappa shape index (κ1) is 4.61. The van der Waals surface area contributed by atoms with E-state index in [2.05, 4.69) is 33.2 Å². The molecule has 0 aliphatic heterocycles. The van der Waals surface area contributed by atoms with Gasteiger partial charge in [-0.1, -0.05) is 0 Å². The summed E-state index contributed by atoms with van der Waals surface area (Å²) < 4.78 is 0.936. The summed E-state index contributed by atoms with van der Waals surface area (Å²) in [4.78, 5) is 3.66. The third-order valence-corrected chi connectivity index (χ3v) is 0.961. The summed E-state index contributed by atoms with van der Waals surface area (Å²) in [5.74, 6) is 0. The van der Waals surface area contributed by atoms with Crippen LogP contribution in [0.3, 0.4) is 0 Å². The van der Waals surface area contributed by atoms with Crippen LogP contribution >= 0.6 is 15.9 Å². The molecule has 2 heteroatoms. The second-order valence-corrected chi connectivity index (χ2v) is 1.96. The summed E-state index contributed by atoms with van der Waals surface area (Å²) in [6.45, 7) is 0. The molecule has 0 atom stereocenters. The molecule has 0 saturated heterocycles. The molecule has 0 aromatic carbocycles. The predicted molar refractivity (Wildman–Crippen MR) is 29.6 cm³/mol. The van der Waals surface area contributed by atoms with Crippen molar-refractivity contribution in [2.45, 2.75) is 0 Å². The van der Waals surface area contributed by atoms with Gasteiger partial charge in [-0.25, -0.2) is 4.98 Å². The smallest absolute Gasteiger partial charge is 0.0524 e. The molecule has 0 radical (unpaired) electrons. The van der Waals surface area contributed by atoms with Gasteiger partial charge in [0.25, 0.3) is 0 Å². The van der Waals surface area contributed by atoms with Crippen molar-refractivity contribution in [2.75, 3.05) is 0 Å². The lowest BCUT2D eigenvalue weighted by molar-refractivity contribution is 1.33. The molecule has 0 bridgehead atoms. The summed E-state index contributed by atoms with van der Waals surface area (Å²) in [6, 6.07) is 4.43. The fourth-order valence-electron chi connectivity index (χ4n) is 0.270. The van der Waals surface area contributed by atoms with Crippen molar-refractivity contribution in [1.29, 1.82) is 0 Å². The molecule has 1 rings (SSSR count). The van der Waals surface area contributed by atoms with Crippen LogP contribution in [0, 0.1) is 12.3 Å². The zero-order chi connectivity index (χ0) is 5.11. The van der Waals surface area contributed by atoms with E-state index in [-0.39, 0.29) is 0 Å². The van der Waals surface area contributed by atoms with Crippen molar-refractivity contribution in [1.82, 2.24) is 4.98 Å². The first-order valence-electron chi connectivity index (χ1n) is 1.79. The fourth-order valence-corrected chi connectivity index (χ4v) is 0.487. The Bertz CT molecular complexity index is 138. The van der Waals surface area contributed by atoms with E-state index in [1.807, 2.05) is 0 Å². The normalized spacial score (nSPS) is 7.57. The largest absolute Gasteiger partial charge is 0.204 e. The monoisotopic (exact) mass is 155 g/mol. The van der Waals surface area contributed by atoms with Gasteiger partial charge in [0.1, 0.15) is 0 Å². The van der Waals surface area contributed by atoms with Crippen molar-refractivity contribution in [3.63, 3.8) is 0 Å². The van der Waals surface area contributed by atoms with Crippen molar-refractivity contribution in [3.8, 4) is 0 Å². The van der Waals surface area contributed by atoms with Crippen molar-refractivity contribution >= 4 is 15.9 Å². The minimum atomic E-state index is 0.936. The molecule has 0 unspecified atom stereocenters. The molecule has 7 heavy (non-hydrogen) atoms. The number of hydrogen-bond acceptors (Lipinski definition) is 1. The molecule has 0 saturated carbocycles. The van der Waals surface area contributed by atoms with E-state index < -0.39 is 0 Å². The molecule has 1 aromatic rings. The van der Waals surface area contributed by atoms with E-state index in [0.717, 1.165) is 4.47 Å². The molecule has 1 heterocycles. The molecular weight excluding hydrogens is 154 g/mol. The molecule has 0 spiro atoms. The van der Waals surface area contributed by atoms with Crippen molar-refractivity contribution in [2.24, 2.45) is 0 Å². The van der Waals surface area contributed by atoms with Gasteiger partial charge in [0.05, 0.1) is 6.20 Å². The van der Waals surface area contributed by atoms with Gasteiger partial charge in [-0.05, 0) is 22.0 Å². The van der Waals surface area contributed by atoms with Crippen molar-refractivity contribution in [3.05, 3.63) is 29.0 Å². The molecule has 0 aliphatic carbocycles. The minimum absolute atomic E-state index is 0.936. The fraction of sp³-hybridized carbons (Fsp3) is 0. The highest BCUT2D eigenvalue weighted by molar-refractivity contribution is 9.10. The summed E-state index contributed by atoms with van der Waals surface area (Å²) in [6.07, 6.45) is 4.19. The zero-order valence-electron chi connectivity index (χ0n) is 3.48. The molecule has 0 fully saturated rings. The summed E-state index contributed by atoms with van der Waals surface area (Å²) in [5, 5.41) is 0. The van der Waals surface area contributed by atoms with Gasteiger partial charge in [0.15, 0.2) is 0 Å². The minimum Gasteiger partial charge on any atom is -0.204 e. The van der Waals surface area contributed by atoms with Gasteiger partial charge in [-0.15, -0.1) is 0 Å². The molecule has 1 aromatic heterocycles. The maximum Gasteiger partial charge on any atom is 0.0524 e. The number of nitrogens with zero attached hydrogens (tertiary/aromatic N) is 1. The quantitative estimate of drug-likeness (QED) is 0.553. The van der Waals surface area contributed by atoms with E-state index in [1.165, 1.54) is 0 Å². The first-order valence-corrected chi connectivity index (χ1v) is 2.58. The third-order valence-electron chi connectivity index (χ3n) is 0.527. The molecule has 0 N–H and O–H groups in total. The Kier molecular flexibility index (Phi) is 1.28. The molecule has 34 valence electrons. The van der Waals surface area contributed by atoms with Crippen LogP contribution in [-0.4, -0.2) is 4.98 Å². The van der Waals surface area contributed by atoms with E-state index in [4.69, 9.17) is 0 Å². The van der Waals surface area contributed by atoms with Gasteiger partial charge < -0.3 is 0 Å². The second-order valence-electron chi connectivity index (χ2n) is 1.04. The Hall–Kier alpha value is -0.550. The van der Waals surface area contributed by atoms with Gasteiger partial charge in [0.2, 0.25) is 0 Å². The van der Waals surface area contributed by atoms with Crippen LogP contribution in [0.5, 0.6) is 0 Å². The molecule has 1 nitrogen and oxygen atoms in total. The highest BCUT2D eigenvalue weighted by atomic mass is 79.9. The Labute approximate surface area is 50.5 Å². The predicted octanol–water partition coefficient (Wildman–Crippen LogP) is 1.44. The summed E-state index contributed by atoms with van der Waals surface area (Å²) >= 11 is 3.20. The van der Waals surface area contributed by atoms with Crippen LogP contribution in [-0.2, 0) is 0 Å². The number of rotatable bonds is 0. The highest BCUT2D eigenvalue weighted by Gasteiger charge is 1.74. The van der Waals surface area contributed by atoms with Gasteiger partial charge in [-0.2, -0.15) is 0 Å². The van der Waals surface area contributed by atoms with E-state index in [9.17, 15) is 0 Å². The SMILES string of the molecule is Brc1cc#cnc1. The maximum atomic E-state index is 3.66. The van der Waals surface area contributed by atoms with Gasteiger partial charge in [0, 0.05) is 16.7 Å². The van der Waals surface area contributed by atoms with Crippen LogP contribution in [0.15, 0.2) is 16.7 Å². The van der Waals surface area contributed by atoms with Crippen LogP contribution < -0.4 is 0 Å². The van der Waals surface area contributed by atoms with Crippen LogP contribution in [0.25, 0.3) is 0 Å². The van der Waals surface area contributed by atoms with Crippen LogP contribution in [0.2, 0.25) is 0 Å². The van der Waals surface area contributed by atoms with Gasteiger partial charge in [-0.3, -0.25) is 0 Å². The Morgan fingerprint density at radius 2 is 2.57 bits per heavy atom. The van der Waals surface area contributed by atoms with Crippen molar-refractivity contribution < 1.29 is 0 Å². The average molecular weight is 156 g/mol. The Morgan fingerprint density at radius 3 is 2.86 bits per heavy atom.